The molecule has 6 rings (SSSR count). The van der Waals surface area contributed by atoms with Crippen LogP contribution < -0.4 is 4.90 Å². The predicted octanol–water partition coefficient (Wildman–Crippen LogP) is 7.86. The minimum Gasteiger partial charge on any atom is -0.440 e. The average molecular weight is 572 g/mol. The van der Waals surface area contributed by atoms with E-state index in [1.54, 1.807) is 0 Å². The SMILES string of the molecule is Cc1cccc(N(Cc2ccc(F)c(F)c2)C(=O)OC2C[N+]3(CCCSc4cccc(Cl)c4)CCC2CC3)c1. The zero-order valence-electron chi connectivity index (χ0n) is 22.1. The number of carbonyl (C=O) groups is 1. The number of nitrogens with zero attached hydrogens (tertiary/aromatic N) is 2. The van der Waals surface area contributed by atoms with E-state index in [9.17, 15) is 13.6 Å². The summed E-state index contributed by atoms with van der Waals surface area (Å²) in [7, 11) is 0. The highest BCUT2D eigenvalue weighted by Crippen LogP contribution is 2.37. The van der Waals surface area contributed by atoms with E-state index in [1.165, 1.54) is 15.9 Å². The number of benzene rings is 3. The van der Waals surface area contributed by atoms with Gasteiger partial charge in [0.15, 0.2) is 17.7 Å². The van der Waals surface area contributed by atoms with Crippen molar-refractivity contribution in [2.24, 2.45) is 5.92 Å². The normalized spacial score (nSPS) is 22.1. The fraction of sp³-hybridized carbons (Fsp3) is 0.387. The van der Waals surface area contributed by atoms with Gasteiger partial charge in [0.2, 0.25) is 0 Å². The Hall–Kier alpha value is -2.61. The minimum absolute atomic E-state index is 0.0948. The summed E-state index contributed by atoms with van der Waals surface area (Å²) in [5, 5.41) is 0.758. The van der Waals surface area contributed by atoms with E-state index < -0.39 is 17.7 Å². The first-order chi connectivity index (χ1) is 18.8. The molecule has 0 spiro atoms. The van der Waals surface area contributed by atoms with Gasteiger partial charge in [0.1, 0.15) is 6.54 Å². The van der Waals surface area contributed by atoms with Gasteiger partial charge in [0.25, 0.3) is 0 Å². The van der Waals surface area contributed by atoms with Crippen molar-refractivity contribution in [1.82, 2.24) is 0 Å². The van der Waals surface area contributed by atoms with E-state index in [0.717, 1.165) is 78.4 Å². The molecule has 3 aliphatic heterocycles. The molecule has 3 aromatic carbocycles. The molecule has 0 aliphatic carbocycles. The van der Waals surface area contributed by atoms with Gasteiger partial charge in [-0.05, 0) is 60.5 Å². The molecule has 3 aliphatic rings. The smallest absolute Gasteiger partial charge is 0.415 e. The zero-order chi connectivity index (χ0) is 27.4. The summed E-state index contributed by atoms with van der Waals surface area (Å²) in [6.45, 7) is 6.18. The standard InChI is InChI=1S/C31H34ClF2N2O2S/c1-22-5-2-7-26(17-22)35(20-23-9-10-28(33)29(34)18-23)31(37)38-30-21-36(14-11-24(30)12-15-36)13-4-16-39-27-8-3-6-25(32)19-27/h2-3,5-10,17-19,24,30H,4,11-16,20-21H2,1H3/q+1. The topological polar surface area (TPSA) is 29.5 Å². The minimum atomic E-state index is -0.928. The number of hydrogen-bond acceptors (Lipinski definition) is 3. The molecule has 2 bridgehead atoms. The van der Waals surface area contributed by atoms with Crippen molar-refractivity contribution in [2.75, 3.05) is 36.8 Å². The van der Waals surface area contributed by atoms with Gasteiger partial charge in [-0.25, -0.2) is 13.6 Å². The Kier molecular flexibility index (Phi) is 8.79. The fourth-order valence-corrected chi connectivity index (χ4v) is 7.04. The maximum absolute atomic E-state index is 13.9. The fourth-order valence-electron chi connectivity index (χ4n) is 5.89. The van der Waals surface area contributed by atoms with Crippen molar-refractivity contribution in [3.05, 3.63) is 94.5 Å². The molecule has 0 N–H and O–H groups in total. The van der Waals surface area contributed by atoms with E-state index in [4.69, 9.17) is 16.3 Å². The van der Waals surface area contributed by atoms with Crippen LogP contribution >= 0.6 is 23.4 Å². The van der Waals surface area contributed by atoms with Gasteiger partial charge < -0.3 is 9.22 Å². The molecule has 0 aromatic heterocycles. The van der Waals surface area contributed by atoms with Crippen molar-refractivity contribution in [2.45, 2.75) is 43.7 Å². The third-order valence-electron chi connectivity index (χ3n) is 7.99. The second-order valence-electron chi connectivity index (χ2n) is 10.8. The quantitative estimate of drug-likeness (QED) is 0.149. The lowest BCUT2D eigenvalue weighted by atomic mass is 9.83. The molecule has 3 saturated heterocycles. The number of ether oxygens (including phenoxy) is 1. The summed E-state index contributed by atoms with van der Waals surface area (Å²) in [5.41, 5.74) is 2.17. The van der Waals surface area contributed by atoms with Crippen LogP contribution in [-0.2, 0) is 11.3 Å². The Morgan fingerprint density at radius 2 is 1.85 bits per heavy atom. The lowest BCUT2D eigenvalue weighted by molar-refractivity contribution is -0.946. The van der Waals surface area contributed by atoms with Gasteiger partial charge in [-0.3, -0.25) is 4.90 Å². The van der Waals surface area contributed by atoms with Gasteiger partial charge in [-0.1, -0.05) is 35.9 Å². The van der Waals surface area contributed by atoms with Gasteiger partial charge >= 0.3 is 6.09 Å². The number of hydrogen-bond donors (Lipinski definition) is 0. The van der Waals surface area contributed by atoms with Crippen LogP contribution in [0.25, 0.3) is 0 Å². The number of amides is 1. The van der Waals surface area contributed by atoms with Gasteiger partial charge in [-0.15, -0.1) is 11.8 Å². The molecule has 0 saturated carbocycles. The maximum Gasteiger partial charge on any atom is 0.415 e. The van der Waals surface area contributed by atoms with E-state index in [2.05, 4.69) is 6.07 Å². The second kappa shape index (κ2) is 12.3. The molecule has 8 heteroatoms. The number of rotatable bonds is 9. The Bertz CT molecular complexity index is 1320. The summed E-state index contributed by atoms with van der Waals surface area (Å²) in [6.07, 6.45) is 2.57. The number of anilines is 1. The third-order valence-corrected chi connectivity index (χ3v) is 9.31. The van der Waals surface area contributed by atoms with Crippen LogP contribution in [0.3, 0.4) is 0 Å². The molecule has 3 heterocycles. The third kappa shape index (κ3) is 6.94. The molecule has 1 amide bonds. The van der Waals surface area contributed by atoms with Crippen molar-refractivity contribution >= 4 is 35.1 Å². The van der Waals surface area contributed by atoms with Crippen LogP contribution in [0.5, 0.6) is 0 Å². The first-order valence-corrected chi connectivity index (χ1v) is 14.9. The Labute approximate surface area is 238 Å². The van der Waals surface area contributed by atoms with Crippen molar-refractivity contribution in [1.29, 1.82) is 0 Å². The van der Waals surface area contributed by atoms with E-state index in [0.29, 0.717) is 17.2 Å². The van der Waals surface area contributed by atoms with Crippen LogP contribution in [0.2, 0.25) is 5.02 Å². The van der Waals surface area contributed by atoms with Gasteiger partial charge in [0.05, 0.1) is 26.2 Å². The van der Waals surface area contributed by atoms with E-state index >= 15 is 0 Å². The van der Waals surface area contributed by atoms with Crippen LogP contribution in [-0.4, -0.2) is 48.6 Å². The average Bonchev–Trinajstić information content (AvgIpc) is 2.92. The van der Waals surface area contributed by atoms with Crippen molar-refractivity contribution in [3.63, 3.8) is 0 Å². The molecule has 206 valence electrons. The maximum atomic E-state index is 13.9. The number of thioether (sulfide) groups is 1. The van der Waals surface area contributed by atoms with Crippen LogP contribution in [0.1, 0.15) is 30.4 Å². The molecule has 3 fully saturated rings. The van der Waals surface area contributed by atoms with E-state index in [1.807, 2.05) is 61.2 Å². The lowest BCUT2D eigenvalue weighted by Gasteiger charge is -2.52. The number of fused-ring (bicyclic) bond motifs is 3. The summed E-state index contributed by atoms with van der Waals surface area (Å²) in [5.74, 6) is -0.459. The summed E-state index contributed by atoms with van der Waals surface area (Å²) in [6, 6.07) is 19.3. The zero-order valence-corrected chi connectivity index (χ0v) is 23.7. The van der Waals surface area contributed by atoms with E-state index in [-0.39, 0.29) is 12.6 Å². The van der Waals surface area contributed by atoms with Crippen molar-refractivity contribution < 1.29 is 22.8 Å². The Balaban J connectivity index is 1.24. The largest absolute Gasteiger partial charge is 0.440 e. The molecule has 1 atom stereocenters. The molecule has 1 unspecified atom stereocenters. The summed E-state index contributed by atoms with van der Waals surface area (Å²) >= 11 is 7.95. The summed E-state index contributed by atoms with van der Waals surface area (Å²) in [4.78, 5) is 16.3. The molecular formula is C31H34ClF2N2O2S+. The molecule has 4 nitrogen and oxygen atoms in total. The molecule has 3 aromatic rings. The van der Waals surface area contributed by atoms with Gasteiger partial charge in [-0.2, -0.15) is 0 Å². The summed E-state index contributed by atoms with van der Waals surface area (Å²) < 4.78 is 34.7. The highest BCUT2D eigenvalue weighted by atomic mass is 35.5. The molecule has 0 radical (unpaired) electrons. The second-order valence-corrected chi connectivity index (χ2v) is 12.4. The van der Waals surface area contributed by atoms with Crippen LogP contribution in [0.4, 0.5) is 19.3 Å². The van der Waals surface area contributed by atoms with Crippen LogP contribution in [0, 0.1) is 24.5 Å². The van der Waals surface area contributed by atoms with Crippen LogP contribution in [0.15, 0.2) is 71.6 Å². The highest BCUT2D eigenvalue weighted by molar-refractivity contribution is 7.99. The lowest BCUT2D eigenvalue weighted by Crippen LogP contribution is -2.65. The number of aryl methyl sites for hydroxylation is 1. The Morgan fingerprint density at radius 3 is 2.59 bits per heavy atom. The monoisotopic (exact) mass is 571 g/mol. The number of quaternary nitrogens is 1. The first kappa shape index (κ1) is 27.9. The van der Waals surface area contributed by atoms with Gasteiger partial charge in [0, 0.05) is 46.5 Å². The Morgan fingerprint density at radius 1 is 1.05 bits per heavy atom. The number of piperidine rings is 3. The molecule has 39 heavy (non-hydrogen) atoms. The molecular weight excluding hydrogens is 538 g/mol. The highest BCUT2D eigenvalue weighted by Gasteiger charge is 2.47. The van der Waals surface area contributed by atoms with Crippen molar-refractivity contribution in [3.8, 4) is 0 Å². The number of carbonyl (C=O) groups excluding carboxylic acids is 1. The number of halogens is 3. The first-order valence-electron chi connectivity index (χ1n) is 13.5. The predicted molar refractivity (Wildman–Crippen MR) is 153 cm³/mol.